The summed E-state index contributed by atoms with van der Waals surface area (Å²) in [7, 11) is 0. The molecule has 0 bridgehead atoms. The van der Waals surface area contributed by atoms with Crippen molar-refractivity contribution >= 4 is 11.7 Å². The Morgan fingerprint density at radius 3 is 2.72 bits per heavy atom. The average molecular weight is 255 g/mol. The Kier molecular flexibility index (Phi) is 5.25. The van der Waals surface area contributed by atoms with E-state index in [0.717, 1.165) is 25.8 Å². The van der Waals surface area contributed by atoms with Crippen LogP contribution in [0.2, 0.25) is 0 Å². The minimum atomic E-state index is -0.625. The number of carbonyl (C=O) groups is 1. The Bertz CT molecular complexity index is 413. The highest BCUT2D eigenvalue weighted by atomic mass is 16.6. The van der Waals surface area contributed by atoms with Gasteiger partial charge in [-0.15, -0.1) is 0 Å². The summed E-state index contributed by atoms with van der Waals surface area (Å²) in [4.78, 5) is 29.5. The molecule has 0 aliphatic carbocycles. The normalized spacial score (nSPS) is 10.6. The van der Waals surface area contributed by atoms with Crippen LogP contribution in [0.15, 0.2) is 6.20 Å². The second kappa shape index (κ2) is 6.70. The van der Waals surface area contributed by atoms with Crippen LogP contribution in [0.4, 0.5) is 5.82 Å². The van der Waals surface area contributed by atoms with Crippen LogP contribution in [0.5, 0.6) is 0 Å². The van der Waals surface area contributed by atoms with Crippen LogP contribution >= 0.6 is 0 Å². The molecule has 1 heterocycles. The van der Waals surface area contributed by atoms with E-state index >= 15 is 0 Å². The number of amides is 1. The van der Waals surface area contributed by atoms with Gasteiger partial charge in [0, 0.05) is 13.1 Å². The highest BCUT2D eigenvalue weighted by Gasteiger charge is 2.16. The predicted octanol–water partition coefficient (Wildman–Crippen LogP) is 0.389. The Morgan fingerprint density at radius 2 is 2.22 bits per heavy atom. The number of nitrogens with zero attached hydrogens (tertiary/aromatic N) is 3. The zero-order valence-electron chi connectivity index (χ0n) is 10.5. The molecule has 0 aromatic carbocycles. The van der Waals surface area contributed by atoms with E-state index in [2.05, 4.69) is 20.2 Å². The number of carbonyl (C=O) groups excluding carboxylic acids is 1. The molecule has 1 amide bonds. The van der Waals surface area contributed by atoms with Gasteiger partial charge >= 0.3 is 11.7 Å². The van der Waals surface area contributed by atoms with E-state index < -0.39 is 10.8 Å². The second-order valence-electron chi connectivity index (χ2n) is 3.66. The predicted molar refractivity (Wildman–Crippen MR) is 65.4 cm³/mol. The van der Waals surface area contributed by atoms with Crippen LogP contribution in [0.3, 0.4) is 0 Å². The van der Waals surface area contributed by atoms with E-state index in [1.54, 1.807) is 0 Å². The van der Waals surface area contributed by atoms with Crippen molar-refractivity contribution in [2.24, 2.45) is 0 Å². The molecule has 100 valence electrons. The molecule has 0 spiro atoms. The van der Waals surface area contributed by atoms with Gasteiger partial charge in [-0.25, -0.2) is 9.97 Å². The third-order valence-electron chi connectivity index (χ3n) is 2.58. The van der Waals surface area contributed by atoms with Gasteiger partial charge in [0.2, 0.25) is 0 Å². The van der Waals surface area contributed by atoms with Crippen LogP contribution in [0.25, 0.3) is 0 Å². The lowest BCUT2D eigenvalue weighted by Crippen LogP contribution is -2.35. The number of nitrogens with one attached hydrogen (secondary N) is 2. The molecule has 0 aliphatic heterocycles. The summed E-state index contributed by atoms with van der Waals surface area (Å²) in [6.07, 6.45) is 1.03. The van der Waals surface area contributed by atoms with Gasteiger partial charge in [-0.3, -0.25) is 4.79 Å². The number of likely N-dealkylation sites (N-methyl/N-ethyl adjacent to an activating group) is 1. The number of hydrogen-bond acceptors (Lipinski definition) is 5. The Labute approximate surface area is 105 Å². The lowest BCUT2D eigenvalue weighted by molar-refractivity contribution is -0.389. The minimum absolute atomic E-state index is 0.0405. The largest absolute Gasteiger partial charge is 0.358 e. The Balaban J connectivity index is 2.42. The monoisotopic (exact) mass is 255 g/mol. The van der Waals surface area contributed by atoms with Gasteiger partial charge in [-0.1, -0.05) is 13.8 Å². The van der Waals surface area contributed by atoms with Gasteiger partial charge in [0.15, 0.2) is 0 Å². The number of imidazole rings is 1. The summed E-state index contributed by atoms with van der Waals surface area (Å²) in [6, 6.07) is 0. The molecule has 0 saturated heterocycles. The number of hydrogen-bond donors (Lipinski definition) is 2. The summed E-state index contributed by atoms with van der Waals surface area (Å²) in [5.41, 5.74) is 0. The average Bonchev–Trinajstić information content (AvgIpc) is 2.84. The fraction of sp³-hybridized carbons (Fsp3) is 0.600. The number of nitro groups is 1. The van der Waals surface area contributed by atoms with Crippen molar-refractivity contribution in [2.75, 3.05) is 26.2 Å². The molecule has 0 unspecified atom stereocenters. The molecule has 0 atom stereocenters. The first kappa shape index (κ1) is 14.1. The van der Waals surface area contributed by atoms with Crippen molar-refractivity contribution in [1.29, 1.82) is 0 Å². The minimum Gasteiger partial charge on any atom is -0.358 e. The zero-order chi connectivity index (χ0) is 13.5. The lowest BCUT2D eigenvalue weighted by Gasteiger charge is -2.17. The highest BCUT2D eigenvalue weighted by molar-refractivity contribution is 5.90. The zero-order valence-corrected chi connectivity index (χ0v) is 10.5. The maximum absolute atomic E-state index is 11.6. The first-order chi connectivity index (χ1) is 8.58. The standard InChI is InChI=1S/C10H17N5O3/c1-3-14(4-2)6-5-11-10(16)9-12-7-8(13-9)15(17)18/h7H,3-6H2,1-2H3,(H,11,16)(H,12,13). The number of aromatic amines is 1. The number of aromatic nitrogens is 2. The topological polar surface area (TPSA) is 104 Å². The fourth-order valence-corrected chi connectivity index (χ4v) is 1.47. The quantitative estimate of drug-likeness (QED) is 0.541. The molecule has 8 nitrogen and oxygen atoms in total. The van der Waals surface area contributed by atoms with Gasteiger partial charge < -0.3 is 20.3 Å². The molecule has 0 saturated carbocycles. The maximum Gasteiger partial charge on any atom is 0.341 e. The molecule has 8 heteroatoms. The van der Waals surface area contributed by atoms with Gasteiger partial charge in [-0.05, 0) is 18.0 Å². The van der Waals surface area contributed by atoms with E-state index in [0.29, 0.717) is 6.54 Å². The van der Waals surface area contributed by atoms with E-state index in [1.807, 2.05) is 13.8 Å². The molecule has 0 radical (unpaired) electrons. The Morgan fingerprint density at radius 1 is 1.56 bits per heavy atom. The molecule has 1 aromatic heterocycles. The smallest absolute Gasteiger partial charge is 0.341 e. The van der Waals surface area contributed by atoms with Crippen LogP contribution in [-0.2, 0) is 0 Å². The lowest BCUT2D eigenvalue weighted by atomic mass is 10.4. The van der Waals surface area contributed by atoms with Gasteiger partial charge in [-0.2, -0.15) is 0 Å². The van der Waals surface area contributed by atoms with Crippen LogP contribution in [0.1, 0.15) is 24.5 Å². The first-order valence-corrected chi connectivity index (χ1v) is 5.78. The molecular formula is C10H17N5O3. The summed E-state index contributed by atoms with van der Waals surface area (Å²) in [5.74, 6) is -0.764. The number of rotatable bonds is 7. The van der Waals surface area contributed by atoms with Crippen LogP contribution in [-0.4, -0.2) is 51.9 Å². The van der Waals surface area contributed by atoms with Gasteiger partial charge in [0.1, 0.15) is 6.20 Å². The molecule has 1 rings (SSSR count). The van der Waals surface area contributed by atoms with Crippen molar-refractivity contribution in [3.05, 3.63) is 22.1 Å². The molecule has 0 aliphatic rings. The van der Waals surface area contributed by atoms with Gasteiger partial charge in [0.25, 0.3) is 5.82 Å². The fourth-order valence-electron chi connectivity index (χ4n) is 1.47. The van der Waals surface area contributed by atoms with E-state index in [1.165, 1.54) is 0 Å². The summed E-state index contributed by atoms with van der Waals surface area (Å²) < 4.78 is 0. The molecule has 2 N–H and O–H groups in total. The maximum atomic E-state index is 11.6. The highest BCUT2D eigenvalue weighted by Crippen LogP contribution is 2.05. The molecule has 0 fully saturated rings. The van der Waals surface area contributed by atoms with E-state index in [9.17, 15) is 14.9 Å². The second-order valence-corrected chi connectivity index (χ2v) is 3.66. The van der Waals surface area contributed by atoms with E-state index in [4.69, 9.17) is 0 Å². The van der Waals surface area contributed by atoms with Gasteiger partial charge in [0.05, 0.1) is 0 Å². The van der Waals surface area contributed by atoms with Crippen molar-refractivity contribution in [2.45, 2.75) is 13.8 Å². The first-order valence-electron chi connectivity index (χ1n) is 5.78. The van der Waals surface area contributed by atoms with Crippen LogP contribution < -0.4 is 5.32 Å². The summed E-state index contributed by atoms with van der Waals surface area (Å²) >= 11 is 0. The third kappa shape index (κ3) is 3.81. The molecule has 18 heavy (non-hydrogen) atoms. The Hall–Kier alpha value is -1.96. The molecular weight excluding hydrogens is 238 g/mol. The summed E-state index contributed by atoms with van der Waals surface area (Å²) in [5, 5.41) is 13.1. The molecule has 1 aromatic rings. The van der Waals surface area contributed by atoms with Crippen molar-refractivity contribution in [1.82, 2.24) is 20.2 Å². The van der Waals surface area contributed by atoms with E-state index in [-0.39, 0.29) is 11.6 Å². The number of H-pyrrole nitrogens is 1. The summed E-state index contributed by atoms with van der Waals surface area (Å²) in [6.45, 7) is 7.14. The van der Waals surface area contributed by atoms with Crippen molar-refractivity contribution in [3.8, 4) is 0 Å². The SMILES string of the molecule is CCN(CC)CCNC(=O)c1ncc([N+](=O)[O-])[nH]1. The third-order valence-corrected chi connectivity index (χ3v) is 2.58. The van der Waals surface area contributed by atoms with Crippen molar-refractivity contribution in [3.63, 3.8) is 0 Å². The van der Waals surface area contributed by atoms with Crippen molar-refractivity contribution < 1.29 is 9.72 Å². The van der Waals surface area contributed by atoms with Crippen LogP contribution in [0, 0.1) is 10.1 Å².